The van der Waals surface area contributed by atoms with Gasteiger partial charge in [-0.25, -0.2) is 0 Å². The second-order valence-corrected chi connectivity index (χ2v) is 7.74. The molecule has 5 atom stereocenters. The lowest BCUT2D eigenvalue weighted by Crippen LogP contribution is -2.73. The first kappa shape index (κ1) is 14.7. The van der Waals surface area contributed by atoms with Gasteiger partial charge in [0.15, 0.2) is 23.4 Å². The minimum atomic E-state index is -0.887. The lowest BCUT2D eigenvalue weighted by Gasteiger charge is -2.61. The van der Waals surface area contributed by atoms with Crippen molar-refractivity contribution in [3.8, 4) is 11.5 Å². The van der Waals surface area contributed by atoms with Gasteiger partial charge in [-0.15, -0.1) is 0 Å². The van der Waals surface area contributed by atoms with Gasteiger partial charge in [-0.3, -0.25) is 4.79 Å². The summed E-state index contributed by atoms with van der Waals surface area (Å²) in [5.74, 6) is 1.59. The summed E-state index contributed by atoms with van der Waals surface area (Å²) < 4.78 is 11.7. The molecule has 1 aromatic carbocycles. The molecule has 1 aromatic rings. The van der Waals surface area contributed by atoms with Gasteiger partial charge in [0.25, 0.3) is 0 Å². The Morgan fingerprint density at radius 1 is 1.38 bits per heavy atom. The fourth-order valence-corrected chi connectivity index (χ4v) is 6.14. The van der Waals surface area contributed by atoms with Gasteiger partial charge in [-0.1, -0.05) is 6.07 Å². The number of methoxy groups -OCH3 is 1. The smallest absolute Gasteiger partial charge is 0.174 e. The van der Waals surface area contributed by atoms with Gasteiger partial charge < -0.3 is 19.9 Å². The van der Waals surface area contributed by atoms with Gasteiger partial charge in [0.05, 0.1) is 18.1 Å². The van der Waals surface area contributed by atoms with E-state index >= 15 is 0 Å². The predicted molar refractivity (Wildman–Crippen MR) is 87.6 cm³/mol. The summed E-state index contributed by atoms with van der Waals surface area (Å²) in [5.41, 5.74) is 0.769. The van der Waals surface area contributed by atoms with E-state index in [0.29, 0.717) is 24.3 Å². The van der Waals surface area contributed by atoms with Crippen LogP contribution in [0.1, 0.15) is 36.8 Å². The highest BCUT2D eigenvalue weighted by molar-refractivity contribution is 5.90. The lowest BCUT2D eigenvalue weighted by atomic mass is 9.44. The molecule has 2 saturated carbocycles. The first-order valence-corrected chi connectivity index (χ1v) is 8.86. The molecule has 0 aromatic heterocycles. The summed E-state index contributed by atoms with van der Waals surface area (Å²) in [6, 6.07) is 4.30. The van der Waals surface area contributed by atoms with Crippen LogP contribution in [-0.2, 0) is 16.6 Å². The lowest BCUT2D eigenvalue weighted by molar-refractivity contribution is -0.182. The summed E-state index contributed by atoms with van der Waals surface area (Å²) in [5, 5.41) is 15.3. The van der Waals surface area contributed by atoms with Crippen molar-refractivity contribution in [2.45, 2.75) is 55.3 Å². The molecule has 24 heavy (non-hydrogen) atoms. The van der Waals surface area contributed by atoms with E-state index in [1.165, 1.54) is 5.56 Å². The highest BCUT2D eigenvalue weighted by atomic mass is 16.5. The second kappa shape index (κ2) is 4.52. The maximum absolute atomic E-state index is 12.7. The van der Waals surface area contributed by atoms with Crippen molar-refractivity contribution in [2.75, 3.05) is 14.2 Å². The van der Waals surface area contributed by atoms with E-state index in [-0.39, 0.29) is 17.7 Å². The molecule has 1 unspecified atom stereocenters. The molecule has 128 valence electrons. The van der Waals surface area contributed by atoms with E-state index in [4.69, 9.17) is 9.47 Å². The Balaban J connectivity index is 1.82. The Hall–Kier alpha value is -1.59. The van der Waals surface area contributed by atoms with Crippen molar-refractivity contribution in [1.29, 1.82) is 0 Å². The van der Waals surface area contributed by atoms with Crippen LogP contribution in [0.4, 0.5) is 0 Å². The van der Waals surface area contributed by atoms with Crippen LogP contribution in [0.5, 0.6) is 11.5 Å². The highest BCUT2D eigenvalue weighted by Crippen LogP contribution is 2.66. The zero-order valence-corrected chi connectivity index (χ0v) is 14.1. The number of hydrogen-bond donors (Lipinski definition) is 2. The quantitative estimate of drug-likeness (QED) is 0.857. The minimum absolute atomic E-state index is 0.113. The Bertz CT molecular complexity index is 747. The minimum Gasteiger partial charge on any atom is -0.493 e. The number of aliphatic hydroxyl groups is 1. The number of hydrogen-bond acceptors (Lipinski definition) is 5. The molecule has 1 heterocycles. The van der Waals surface area contributed by atoms with E-state index < -0.39 is 17.1 Å². The number of rotatable bonds is 2. The maximum atomic E-state index is 12.7. The molecule has 0 amide bonds. The molecule has 1 aliphatic heterocycles. The van der Waals surface area contributed by atoms with E-state index in [9.17, 15) is 9.90 Å². The molecule has 4 aliphatic rings. The summed E-state index contributed by atoms with van der Waals surface area (Å²) in [6.07, 6.45) is 2.90. The number of ether oxygens (including phenoxy) is 2. The fourth-order valence-electron chi connectivity index (χ4n) is 6.14. The maximum Gasteiger partial charge on any atom is 0.174 e. The van der Waals surface area contributed by atoms with Gasteiger partial charge >= 0.3 is 0 Å². The van der Waals surface area contributed by atoms with Crippen molar-refractivity contribution in [3.63, 3.8) is 0 Å². The average Bonchev–Trinajstić information content (AvgIpc) is 2.93. The van der Waals surface area contributed by atoms with E-state index in [1.54, 1.807) is 7.11 Å². The van der Waals surface area contributed by atoms with E-state index in [1.807, 2.05) is 13.1 Å². The van der Waals surface area contributed by atoms with Gasteiger partial charge in [-0.05, 0) is 44.4 Å². The Kier molecular flexibility index (Phi) is 2.78. The van der Waals surface area contributed by atoms with Crippen LogP contribution < -0.4 is 14.8 Å². The molecule has 2 fully saturated rings. The molecule has 1 spiro atoms. The number of carbonyl (C=O) groups is 1. The third-order valence-electron chi connectivity index (χ3n) is 7.13. The van der Waals surface area contributed by atoms with Crippen LogP contribution in [-0.4, -0.2) is 42.8 Å². The molecule has 2 N–H and O–H groups in total. The summed E-state index contributed by atoms with van der Waals surface area (Å²) in [4.78, 5) is 12.7. The SMILES string of the molecule is CNC1CC[C@]23c4c5ccc(OC)c4O[C@H]2C(=O)CC[C@@]3(O)[C@H]1C5. The summed E-state index contributed by atoms with van der Waals surface area (Å²) >= 11 is 0. The largest absolute Gasteiger partial charge is 0.493 e. The van der Waals surface area contributed by atoms with Crippen LogP contribution in [0.25, 0.3) is 0 Å². The Labute approximate surface area is 141 Å². The van der Waals surface area contributed by atoms with Crippen LogP contribution in [0.2, 0.25) is 0 Å². The predicted octanol–water partition coefficient (Wildman–Crippen LogP) is 1.34. The zero-order valence-electron chi connectivity index (χ0n) is 14.1. The molecule has 5 rings (SSSR count). The normalized spacial score (nSPS) is 41.6. The Morgan fingerprint density at radius 2 is 2.21 bits per heavy atom. The first-order valence-electron chi connectivity index (χ1n) is 8.86. The molecular formula is C19H23NO4. The van der Waals surface area contributed by atoms with Crippen LogP contribution in [0.15, 0.2) is 12.1 Å². The van der Waals surface area contributed by atoms with Crippen LogP contribution >= 0.6 is 0 Å². The first-order chi connectivity index (χ1) is 11.6. The van der Waals surface area contributed by atoms with Crippen molar-refractivity contribution in [1.82, 2.24) is 5.32 Å². The Morgan fingerprint density at radius 3 is 2.96 bits per heavy atom. The van der Waals surface area contributed by atoms with Crippen LogP contribution in [0.3, 0.4) is 0 Å². The van der Waals surface area contributed by atoms with Gasteiger partial charge in [0, 0.05) is 23.9 Å². The van der Waals surface area contributed by atoms with Crippen LogP contribution in [0, 0.1) is 5.92 Å². The van der Waals surface area contributed by atoms with Gasteiger partial charge in [0.1, 0.15) is 0 Å². The van der Waals surface area contributed by atoms with E-state index in [2.05, 4.69) is 11.4 Å². The third-order valence-corrected chi connectivity index (χ3v) is 7.13. The monoisotopic (exact) mass is 329 g/mol. The number of ketones is 1. The van der Waals surface area contributed by atoms with Gasteiger partial charge in [0.2, 0.25) is 0 Å². The molecule has 0 radical (unpaired) electrons. The number of carbonyl (C=O) groups excluding carboxylic acids is 1. The summed E-state index contributed by atoms with van der Waals surface area (Å²) in [7, 11) is 3.59. The second-order valence-electron chi connectivity index (χ2n) is 7.74. The highest BCUT2D eigenvalue weighted by Gasteiger charge is 2.73. The van der Waals surface area contributed by atoms with E-state index in [0.717, 1.165) is 24.8 Å². The standard InChI is InChI=1S/C19H23NO4/c1-20-12-5-7-18-15-10-3-4-14(23-2)16(15)24-17(18)13(21)6-8-19(18,22)11(12)9-10/h3-4,11-12,17,20,22H,5-9H2,1-2H3/t11-,12?,17-,18-,19+/m0/s1. The molecule has 2 bridgehead atoms. The number of benzene rings is 1. The summed E-state index contributed by atoms with van der Waals surface area (Å²) in [6.45, 7) is 0. The average molecular weight is 329 g/mol. The zero-order chi connectivity index (χ0) is 16.7. The molecule has 5 heteroatoms. The molecule has 5 nitrogen and oxygen atoms in total. The van der Waals surface area contributed by atoms with Crippen molar-refractivity contribution in [3.05, 3.63) is 23.3 Å². The number of Topliss-reactive ketones (excluding diaryl/α,β-unsaturated/α-hetero) is 1. The molecular weight excluding hydrogens is 306 g/mol. The third kappa shape index (κ3) is 1.39. The topological polar surface area (TPSA) is 67.8 Å². The van der Waals surface area contributed by atoms with Crippen molar-refractivity contribution >= 4 is 5.78 Å². The molecule has 3 aliphatic carbocycles. The number of nitrogens with one attached hydrogen (secondary N) is 1. The van der Waals surface area contributed by atoms with Gasteiger partial charge in [-0.2, -0.15) is 0 Å². The fraction of sp³-hybridized carbons (Fsp3) is 0.632. The molecule has 0 saturated heterocycles. The van der Waals surface area contributed by atoms with Crippen molar-refractivity contribution < 1.29 is 19.4 Å². The van der Waals surface area contributed by atoms with Crippen molar-refractivity contribution in [2.24, 2.45) is 5.92 Å².